The van der Waals surface area contributed by atoms with Gasteiger partial charge < -0.3 is 20.0 Å². The predicted octanol–water partition coefficient (Wildman–Crippen LogP) is 5.51. The highest BCUT2D eigenvalue weighted by molar-refractivity contribution is 7.19. The molecule has 0 radical (unpaired) electrons. The van der Waals surface area contributed by atoms with E-state index in [2.05, 4.69) is 15.6 Å². The number of thiazole rings is 1. The van der Waals surface area contributed by atoms with Crippen molar-refractivity contribution in [2.45, 2.75) is 77.3 Å². The smallest absolute Gasteiger partial charge is 0.255 e. The minimum Gasteiger partial charge on any atom is -0.443 e. The van der Waals surface area contributed by atoms with E-state index in [0.29, 0.717) is 41.0 Å². The molecule has 1 aromatic carbocycles. The molecule has 9 nitrogen and oxygen atoms in total. The molecule has 1 aliphatic carbocycles. The highest BCUT2D eigenvalue weighted by Crippen LogP contribution is 2.38. The van der Waals surface area contributed by atoms with Crippen LogP contribution in [0.4, 0.5) is 5.00 Å². The summed E-state index contributed by atoms with van der Waals surface area (Å²) in [6.07, 6.45) is 10.1. The van der Waals surface area contributed by atoms with Crippen LogP contribution in [0.25, 0.3) is 22.2 Å². The number of carbonyl (C=O) groups excluding carboxylic acids is 3. The lowest BCUT2D eigenvalue weighted by Gasteiger charge is -2.35. The lowest BCUT2D eigenvalue weighted by Crippen LogP contribution is -2.56. The van der Waals surface area contributed by atoms with Gasteiger partial charge in [0.15, 0.2) is 5.01 Å². The van der Waals surface area contributed by atoms with E-state index in [1.54, 1.807) is 11.1 Å². The number of aromatic nitrogens is 2. The van der Waals surface area contributed by atoms with Crippen LogP contribution in [-0.4, -0.2) is 51.2 Å². The minimum atomic E-state index is -0.616. The monoisotopic (exact) mass is 563 g/mol. The number of likely N-dealkylation sites (tertiary alicyclic amines) is 1. The van der Waals surface area contributed by atoms with Crippen molar-refractivity contribution in [2.75, 3.05) is 11.9 Å². The van der Waals surface area contributed by atoms with Gasteiger partial charge >= 0.3 is 0 Å². The Hall–Kier alpha value is -3.53. The molecule has 1 saturated carbocycles. The maximum Gasteiger partial charge on any atom is 0.255 e. The van der Waals surface area contributed by atoms with Crippen LogP contribution in [-0.2, 0) is 14.4 Å². The number of nitrogens with zero attached hydrogens (tertiary/aromatic N) is 3. The van der Waals surface area contributed by atoms with E-state index in [1.165, 1.54) is 17.6 Å². The molecule has 2 N–H and O–H groups in total. The van der Waals surface area contributed by atoms with E-state index >= 15 is 0 Å². The number of carbonyl (C=O) groups is 3. The van der Waals surface area contributed by atoms with Crippen LogP contribution in [0, 0.1) is 11.8 Å². The maximum atomic E-state index is 14.0. The van der Waals surface area contributed by atoms with Gasteiger partial charge in [0.05, 0.1) is 6.20 Å². The molecule has 3 atom stereocenters. The molecule has 5 rings (SSSR count). The van der Waals surface area contributed by atoms with Crippen molar-refractivity contribution < 1.29 is 18.8 Å². The van der Waals surface area contributed by atoms with Gasteiger partial charge in [0.1, 0.15) is 29.0 Å². The molecule has 10 heteroatoms. The van der Waals surface area contributed by atoms with Crippen molar-refractivity contribution >= 4 is 34.1 Å². The Morgan fingerprint density at radius 2 is 1.88 bits per heavy atom. The van der Waals surface area contributed by atoms with Crippen molar-refractivity contribution in [1.29, 1.82) is 0 Å². The first-order chi connectivity index (χ1) is 19.5. The molecular formula is C30H37N5O4S. The summed E-state index contributed by atoms with van der Waals surface area (Å²) in [5, 5.41) is 7.30. The van der Waals surface area contributed by atoms with Crippen molar-refractivity contribution in [1.82, 2.24) is 20.2 Å². The Morgan fingerprint density at radius 3 is 2.58 bits per heavy atom. The van der Waals surface area contributed by atoms with Crippen molar-refractivity contribution in [3.8, 4) is 22.2 Å². The molecular weight excluding hydrogens is 526 g/mol. The summed E-state index contributed by atoms with van der Waals surface area (Å²) in [5.74, 6) is -0.184. The number of rotatable bonds is 9. The van der Waals surface area contributed by atoms with Gasteiger partial charge in [-0.2, -0.15) is 0 Å². The van der Waals surface area contributed by atoms with Gasteiger partial charge in [0.25, 0.3) is 5.89 Å². The fourth-order valence-electron chi connectivity index (χ4n) is 5.62. The first-order valence-corrected chi connectivity index (χ1v) is 15.2. The Labute approximate surface area is 238 Å². The lowest BCUT2D eigenvalue weighted by atomic mass is 9.83. The summed E-state index contributed by atoms with van der Waals surface area (Å²) >= 11 is 1.29. The van der Waals surface area contributed by atoms with Gasteiger partial charge in [-0.3, -0.25) is 14.4 Å². The second-order valence-electron chi connectivity index (χ2n) is 10.8. The summed E-state index contributed by atoms with van der Waals surface area (Å²) < 4.78 is 5.45. The number of oxazole rings is 1. The maximum absolute atomic E-state index is 14.0. The molecule has 2 aromatic heterocycles. The first-order valence-electron chi connectivity index (χ1n) is 14.3. The SMILES string of the molecule is CC[C@@H](C)C(=O)N[C@H](C(=O)N1CCC[C@H]1C(=O)Nc1sc(-c2ncco2)nc1-c1ccccc1)C1CCCCC1. The standard InChI is InChI=1S/C30H37N5O4S/c1-3-19(2)25(36)32-24(21-13-8-5-9-14-21)30(38)35-17-10-15-22(35)26(37)34-28-23(20-11-6-4-7-12-20)33-29(40-28)27-31-16-18-39-27/h4,6-7,11-12,16,18-19,21-22,24H,3,5,8-10,13-15,17H2,1-2H3,(H,32,36)(H,34,37)/t19-,22+,24+/m1/s1. The molecule has 1 saturated heterocycles. The zero-order valence-electron chi connectivity index (χ0n) is 23.1. The summed E-state index contributed by atoms with van der Waals surface area (Å²) in [5.41, 5.74) is 1.49. The number of hydrogen-bond acceptors (Lipinski definition) is 7. The number of benzene rings is 1. The molecule has 2 fully saturated rings. The Morgan fingerprint density at radius 1 is 1.10 bits per heavy atom. The van der Waals surface area contributed by atoms with E-state index in [0.717, 1.165) is 44.1 Å². The van der Waals surface area contributed by atoms with E-state index < -0.39 is 12.1 Å². The van der Waals surface area contributed by atoms with Crippen molar-refractivity contribution in [3.05, 3.63) is 42.8 Å². The van der Waals surface area contributed by atoms with Gasteiger partial charge in [0.2, 0.25) is 17.7 Å². The number of hydrogen-bond donors (Lipinski definition) is 2. The van der Waals surface area contributed by atoms with Crippen molar-refractivity contribution in [3.63, 3.8) is 0 Å². The minimum absolute atomic E-state index is 0.0908. The highest BCUT2D eigenvalue weighted by Gasteiger charge is 2.41. The average molecular weight is 564 g/mol. The third-order valence-electron chi connectivity index (χ3n) is 8.11. The molecule has 0 unspecified atom stereocenters. The number of anilines is 1. The Kier molecular flexibility index (Phi) is 8.94. The highest BCUT2D eigenvalue weighted by atomic mass is 32.1. The molecule has 3 aromatic rings. The zero-order valence-corrected chi connectivity index (χ0v) is 23.9. The fourth-order valence-corrected chi connectivity index (χ4v) is 6.55. The second-order valence-corrected chi connectivity index (χ2v) is 11.8. The van der Waals surface area contributed by atoms with Crippen LogP contribution < -0.4 is 10.6 Å². The number of nitrogens with one attached hydrogen (secondary N) is 2. The summed E-state index contributed by atoms with van der Waals surface area (Å²) in [6, 6.07) is 8.41. The zero-order chi connectivity index (χ0) is 28.1. The molecule has 40 heavy (non-hydrogen) atoms. The molecule has 1 aliphatic heterocycles. The van der Waals surface area contributed by atoms with Gasteiger partial charge in [-0.15, -0.1) is 0 Å². The quantitative estimate of drug-likeness (QED) is 0.355. The third-order valence-corrected chi connectivity index (χ3v) is 9.07. The van der Waals surface area contributed by atoms with E-state index in [9.17, 15) is 14.4 Å². The lowest BCUT2D eigenvalue weighted by molar-refractivity contribution is -0.142. The molecule has 212 valence electrons. The van der Waals surface area contributed by atoms with Crippen LogP contribution in [0.3, 0.4) is 0 Å². The van der Waals surface area contributed by atoms with E-state index in [4.69, 9.17) is 9.40 Å². The van der Waals surface area contributed by atoms with Crippen LogP contribution in [0.1, 0.15) is 65.2 Å². The van der Waals surface area contributed by atoms with Crippen LogP contribution in [0.5, 0.6) is 0 Å². The van der Waals surface area contributed by atoms with Crippen molar-refractivity contribution in [2.24, 2.45) is 11.8 Å². The second kappa shape index (κ2) is 12.8. The summed E-state index contributed by atoms with van der Waals surface area (Å²) in [6.45, 7) is 4.35. The van der Waals surface area contributed by atoms with Crippen LogP contribution in [0.15, 0.2) is 47.2 Å². The summed E-state index contributed by atoms with van der Waals surface area (Å²) in [7, 11) is 0. The molecule has 0 spiro atoms. The van der Waals surface area contributed by atoms with Crippen LogP contribution >= 0.6 is 11.3 Å². The average Bonchev–Trinajstić information content (AvgIpc) is 3.77. The molecule has 0 bridgehead atoms. The largest absolute Gasteiger partial charge is 0.443 e. The molecule has 3 heterocycles. The predicted molar refractivity (Wildman–Crippen MR) is 154 cm³/mol. The van der Waals surface area contributed by atoms with Gasteiger partial charge in [-0.25, -0.2) is 9.97 Å². The van der Waals surface area contributed by atoms with E-state index in [1.807, 2.05) is 44.2 Å². The first kappa shape index (κ1) is 28.0. The Bertz CT molecular complexity index is 1300. The van der Waals surface area contributed by atoms with Gasteiger partial charge in [-0.1, -0.05) is 74.8 Å². The van der Waals surface area contributed by atoms with Gasteiger partial charge in [0, 0.05) is 18.0 Å². The Balaban J connectivity index is 1.38. The van der Waals surface area contributed by atoms with E-state index in [-0.39, 0.29) is 29.6 Å². The number of amides is 3. The van der Waals surface area contributed by atoms with Crippen LogP contribution in [0.2, 0.25) is 0 Å². The van der Waals surface area contributed by atoms with Gasteiger partial charge in [-0.05, 0) is 38.0 Å². The topological polar surface area (TPSA) is 117 Å². The summed E-state index contributed by atoms with van der Waals surface area (Å²) in [4.78, 5) is 51.3. The molecule has 2 aliphatic rings. The fraction of sp³-hybridized carbons (Fsp3) is 0.500. The molecule has 3 amide bonds. The third kappa shape index (κ3) is 6.11. The normalized spacial score (nSPS) is 19.2.